The summed E-state index contributed by atoms with van der Waals surface area (Å²) in [7, 11) is 1.70. The molecule has 0 aromatic rings. The fraction of sp³-hybridized carbons (Fsp3) is 0.588. The minimum absolute atomic E-state index is 0.0119. The average molecular weight is 326 g/mol. The van der Waals surface area contributed by atoms with Gasteiger partial charge in [0.1, 0.15) is 13.2 Å². The monoisotopic (exact) mass is 326 g/mol. The summed E-state index contributed by atoms with van der Waals surface area (Å²) in [5, 5.41) is 0. The molecule has 0 aliphatic carbocycles. The molecule has 1 amide bonds. The molecule has 0 fully saturated rings. The number of hydrogen-bond donors (Lipinski definition) is 0. The van der Waals surface area contributed by atoms with Gasteiger partial charge in [0.2, 0.25) is 5.91 Å². The predicted molar refractivity (Wildman–Crippen MR) is 93.8 cm³/mol. The SMILES string of the molecule is C=C/C=C(/CCN(C)C(=O)COCCOCC(C)=O)N=C.CC. The zero-order chi connectivity index (χ0) is 18.1. The fourth-order valence-corrected chi connectivity index (χ4v) is 1.36. The smallest absolute Gasteiger partial charge is 0.248 e. The van der Waals surface area contributed by atoms with E-state index in [0.717, 1.165) is 5.70 Å². The zero-order valence-electron chi connectivity index (χ0n) is 14.8. The highest BCUT2D eigenvalue weighted by atomic mass is 16.5. The van der Waals surface area contributed by atoms with Crippen molar-refractivity contribution in [1.82, 2.24) is 4.90 Å². The van der Waals surface area contributed by atoms with Gasteiger partial charge in [0.25, 0.3) is 0 Å². The van der Waals surface area contributed by atoms with Crippen molar-refractivity contribution >= 4 is 18.4 Å². The van der Waals surface area contributed by atoms with Crippen LogP contribution in [0.2, 0.25) is 0 Å². The number of nitrogens with zero attached hydrogens (tertiary/aromatic N) is 2. The lowest BCUT2D eigenvalue weighted by Crippen LogP contribution is -2.31. The van der Waals surface area contributed by atoms with Crippen LogP contribution in [0.15, 0.2) is 29.4 Å². The van der Waals surface area contributed by atoms with Crippen LogP contribution in [0, 0.1) is 0 Å². The van der Waals surface area contributed by atoms with E-state index in [1.165, 1.54) is 6.92 Å². The number of likely N-dealkylation sites (N-methyl/N-ethyl adjacent to an activating group) is 1. The maximum atomic E-state index is 11.8. The van der Waals surface area contributed by atoms with Crippen LogP contribution in [-0.4, -0.2) is 63.3 Å². The number of ketones is 1. The highest BCUT2D eigenvalue weighted by Crippen LogP contribution is 2.04. The average Bonchev–Trinajstić information content (AvgIpc) is 2.55. The van der Waals surface area contributed by atoms with Gasteiger partial charge >= 0.3 is 0 Å². The van der Waals surface area contributed by atoms with Crippen LogP contribution in [0.3, 0.4) is 0 Å². The topological polar surface area (TPSA) is 68.2 Å². The third-order valence-corrected chi connectivity index (χ3v) is 2.55. The van der Waals surface area contributed by atoms with E-state index in [9.17, 15) is 9.59 Å². The van der Waals surface area contributed by atoms with Gasteiger partial charge in [0, 0.05) is 25.7 Å². The summed E-state index contributed by atoms with van der Waals surface area (Å²) >= 11 is 0. The molecule has 23 heavy (non-hydrogen) atoms. The van der Waals surface area contributed by atoms with Crippen LogP contribution in [-0.2, 0) is 19.1 Å². The Morgan fingerprint density at radius 2 is 1.74 bits per heavy atom. The van der Waals surface area contributed by atoms with E-state index in [1.54, 1.807) is 24.1 Å². The summed E-state index contributed by atoms with van der Waals surface area (Å²) in [6.45, 7) is 13.7. The molecule has 0 aliphatic heterocycles. The molecule has 0 rings (SSSR count). The molecular formula is C17H30N2O4. The number of aliphatic imine (C=N–C) groups is 1. The third-order valence-electron chi connectivity index (χ3n) is 2.55. The number of Topliss-reactive ketones (excluding diaryl/α,β-unsaturated/α-hetero) is 1. The van der Waals surface area contributed by atoms with E-state index >= 15 is 0 Å². The summed E-state index contributed by atoms with van der Waals surface area (Å²) in [6, 6.07) is 0. The zero-order valence-corrected chi connectivity index (χ0v) is 14.8. The normalized spacial score (nSPS) is 10.3. The van der Waals surface area contributed by atoms with Gasteiger partial charge in [-0.15, -0.1) is 0 Å². The van der Waals surface area contributed by atoms with Crippen molar-refractivity contribution in [2.75, 3.05) is 40.0 Å². The van der Waals surface area contributed by atoms with Crippen molar-refractivity contribution in [3.8, 4) is 0 Å². The third kappa shape index (κ3) is 14.9. The molecule has 0 radical (unpaired) electrons. The first-order valence-corrected chi connectivity index (χ1v) is 7.68. The van der Waals surface area contributed by atoms with Gasteiger partial charge in [-0.1, -0.05) is 26.5 Å². The second kappa shape index (κ2) is 16.6. The highest BCUT2D eigenvalue weighted by molar-refractivity contribution is 5.77. The molecule has 0 unspecified atom stereocenters. The van der Waals surface area contributed by atoms with Crippen LogP contribution in [0.5, 0.6) is 0 Å². The Balaban J connectivity index is 0. The first-order chi connectivity index (χ1) is 11.0. The molecule has 6 heteroatoms. The molecule has 0 aromatic carbocycles. The van der Waals surface area contributed by atoms with Crippen molar-refractivity contribution in [2.24, 2.45) is 4.99 Å². The van der Waals surface area contributed by atoms with E-state index in [2.05, 4.69) is 18.3 Å². The van der Waals surface area contributed by atoms with Crippen LogP contribution < -0.4 is 0 Å². The number of allylic oxidation sites excluding steroid dienone is 2. The van der Waals surface area contributed by atoms with Crippen LogP contribution in [0.4, 0.5) is 0 Å². The molecular weight excluding hydrogens is 296 g/mol. The number of amides is 1. The number of ether oxygens (including phenoxy) is 2. The Morgan fingerprint density at radius 1 is 1.17 bits per heavy atom. The van der Waals surface area contributed by atoms with Gasteiger partial charge in [-0.3, -0.25) is 14.6 Å². The van der Waals surface area contributed by atoms with Crippen molar-refractivity contribution in [2.45, 2.75) is 27.2 Å². The largest absolute Gasteiger partial charge is 0.371 e. The molecule has 0 N–H and O–H groups in total. The molecule has 0 saturated heterocycles. The minimum Gasteiger partial charge on any atom is -0.371 e. The second-order valence-corrected chi connectivity index (χ2v) is 4.42. The number of carbonyl (C=O) groups is 2. The van der Waals surface area contributed by atoms with E-state index < -0.39 is 0 Å². The lowest BCUT2D eigenvalue weighted by atomic mass is 10.3. The van der Waals surface area contributed by atoms with Gasteiger partial charge in [-0.2, -0.15) is 0 Å². The quantitative estimate of drug-likeness (QED) is 0.313. The highest BCUT2D eigenvalue weighted by Gasteiger charge is 2.09. The lowest BCUT2D eigenvalue weighted by Gasteiger charge is -2.17. The second-order valence-electron chi connectivity index (χ2n) is 4.42. The number of hydrogen-bond acceptors (Lipinski definition) is 5. The van der Waals surface area contributed by atoms with Crippen molar-refractivity contribution in [3.63, 3.8) is 0 Å². The van der Waals surface area contributed by atoms with Crippen LogP contribution >= 0.6 is 0 Å². The van der Waals surface area contributed by atoms with E-state index in [-0.39, 0.29) is 31.5 Å². The Labute approximate surface area is 139 Å². The summed E-state index contributed by atoms with van der Waals surface area (Å²) in [4.78, 5) is 27.8. The van der Waals surface area contributed by atoms with Gasteiger partial charge in [0.15, 0.2) is 5.78 Å². The van der Waals surface area contributed by atoms with Gasteiger partial charge in [0.05, 0.1) is 13.2 Å². The summed E-state index contributed by atoms with van der Waals surface area (Å²) in [5.41, 5.74) is 0.781. The molecule has 132 valence electrons. The van der Waals surface area contributed by atoms with Crippen molar-refractivity contribution in [1.29, 1.82) is 0 Å². The standard InChI is InChI=1S/C15H24N2O4.C2H6/c1-5-6-14(16-3)7-8-17(4)15(19)12-21-10-9-20-11-13(2)18;1-2/h5-6H,1,3,7-12H2,2,4H3;1-2H3/b14-6-;. The van der Waals surface area contributed by atoms with E-state index in [0.29, 0.717) is 19.6 Å². The maximum absolute atomic E-state index is 11.8. The lowest BCUT2D eigenvalue weighted by molar-refractivity contribution is -0.135. The molecule has 0 bridgehead atoms. The molecule has 0 aliphatic rings. The van der Waals surface area contributed by atoms with Gasteiger partial charge < -0.3 is 14.4 Å². The predicted octanol–water partition coefficient (Wildman–Crippen LogP) is 2.25. The molecule has 0 atom stereocenters. The number of carbonyl (C=O) groups excluding carboxylic acids is 2. The molecule has 0 heterocycles. The fourth-order valence-electron chi connectivity index (χ4n) is 1.36. The Hall–Kier alpha value is -1.79. The summed E-state index contributed by atoms with van der Waals surface area (Å²) in [5.74, 6) is -0.159. The summed E-state index contributed by atoms with van der Waals surface area (Å²) in [6.07, 6.45) is 4.00. The maximum Gasteiger partial charge on any atom is 0.248 e. The Morgan fingerprint density at radius 3 is 2.22 bits per heavy atom. The van der Waals surface area contributed by atoms with E-state index in [4.69, 9.17) is 9.47 Å². The van der Waals surface area contributed by atoms with E-state index in [1.807, 2.05) is 13.8 Å². The number of rotatable bonds is 12. The first kappa shape index (κ1) is 23.5. The van der Waals surface area contributed by atoms with Gasteiger partial charge in [-0.05, 0) is 19.7 Å². The van der Waals surface area contributed by atoms with Gasteiger partial charge in [-0.25, -0.2) is 0 Å². The molecule has 0 saturated carbocycles. The minimum atomic E-state index is -0.122. The Kier molecular flexibility index (Phi) is 16.9. The van der Waals surface area contributed by atoms with Crippen LogP contribution in [0.25, 0.3) is 0 Å². The van der Waals surface area contributed by atoms with Crippen molar-refractivity contribution in [3.05, 3.63) is 24.4 Å². The molecule has 0 spiro atoms. The first-order valence-electron chi connectivity index (χ1n) is 7.68. The molecule has 0 aromatic heterocycles. The van der Waals surface area contributed by atoms with Crippen LogP contribution in [0.1, 0.15) is 27.2 Å². The summed E-state index contributed by atoms with van der Waals surface area (Å²) < 4.78 is 10.2. The van der Waals surface area contributed by atoms with Crippen molar-refractivity contribution < 1.29 is 19.1 Å². The molecule has 6 nitrogen and oxygen atoms in total. The Bertz CT molecular complexity index is 392.